The van der Waals surface area contributed by atoms with Gasteiger partial charge in [-0.2, -0.15) is 0 Å². The summed E-state index contributed by atoms with van der Waals surface area (Å²) in [4.78, 5) is 20.5. The minimum atomic E-state index is -0.114. The van der Waals surface area contributed by atoms with Gasteiger partial charge in [0.05, 0.1) is 6.33 Å². The van der Waals surface area contributed by atoms with Crippen molar-refractivity contribution < 1.29 is 0 Å². The van der Waals surface area contributed by atoms with Gasteiger partial charge in [-0.1, -0.05) is 0 Å². The molecule has 1 fully saturated rings. The van der Waals surface area contributed by atoms with E-state index in [2.05, 4.69) is 36.1 Å². The van der Waals surface area contributed by atoms with Crippen LogP contribution in [0.2, 0.25) is 0 Å². The van der Waals surface area contributed by atoms with E-state index in [0.29, 0.717) is 4.47 Å². The lowest BCUT2D eigenvalue weighted by atomic mass is 9.93. The molecule has 2 rings (SSSR count). The van der Waals surface area contributed by atoms with Crippen LogP contribution in [0, 0.1) is 5.92 Å². The Morgan fingerprint density at radius 2 is 2.28 bits per heavy atom. The van der Waals surface area contributed by atoms with E-state index in [1.807, 2.05) is 7.05 Å². The maximum atomic E-state index is 11.5. The van der Waals surface area contributed by atoms with Crippen LogP contribution < -0.4 is 15.8 Å². The van der Waals surface area contributed by atoms with Crippen molar-refractivity contribution in [3.8, 4) is 0 Å². The molecule has 0 radical (unpaired) electrons. The predicted octanol–water partition coefficient (Wildman–Crippen LogP) is 1.36. The molecule has 6 heteroatoms. The first-order valence-electron chi connectivity index (χ1n) is 6.35. The third-order valence-corrected chi connectivity index (χ3v) is 4.21. The molecule has 0 saturated carbocycles. The first-order chi connectivity index (χ1) is 8.72. The first kappa shape index (κ1) is 13.5. The van der Waals surface area contributed by atoms with Crippen molar-refractivity contribution >= 4 is 21.7 Å². The maximum absolute atomic E-state index is 11.5. The van der Waals surface area contributed by atoms with Crippen LogP contribution in [0.3, 0.4) is 0 Å². The number of nitrogens with zero attached hydrogens (tertiary/aromatic N) is 2. The molecule has 0 amide bonds. The lowest BCUT2D eigenvalue weighted by Crippen LogP contribution is -2.36. The van der Waals surface area contributed by atoms with Gasteiger partial charge in [0.1, 0.15) is 10.3 Å². The first-order valence-corrected chi connectivity index (χ1v) is 7.14. The number of nitrogens with one attached hydrogen (secondary N) is 2. The van der Waals surface area contributed by atoms with Crippen LogP contribution in [0.15, 0.2) is 15.6 Å². The van der Waals surface area contributed by atoms with Gasteiger partial charge in [0.15, 0.2) is 0 Å². The van der Waals surface area contributed by atoms with Crippen LogP contribution in [-0.4, -0.2) is 36.6 Å². The van der Waals surface area contributed by atoms with Crippen LogP contribution in [0.5, 0.6) is 0 Å². The highest BCUT2D eigenvalue weighted by atomic mass is 79.9. The Hall–Kier alpha value is -0.880. The predicted molar refractivity (Wildman–Crippen MR) is 76.0 cm³/mol. The topological polar surface area (TPSA) is 61.0 Å². The Kier molecular flexibility index (Phi) is 4.77. The van der Waals surface area contributed by atoms with Gasteiger partial charge in [0.2, 0.25) is 0 Å². The smallest absolute Gasteiger partial charge is 0.267 e. The van der Waals surface area contributed by atoms with Gasteiger partial charge in [0, 0.05) is 13.1 Å². The molecule has 2 N–H and O–H groups in total. The molecule has 1 saturated heterocycles. The number of hydrogen-bond acceptors (Lipinski definition) is 4. The standard InChI is InChI=1S/C12H19BrN4O/c1-14-5-2-9-3-6-17(7-4-9)11-10(13)12(18)16-8-15-11/h8-9,14H,2-7H2,1H3,(H,15,16,18). The molecule has 0 aliphatic carbocycles. The summed E-state index contributed by atoms with van der Waals surface area (Å²) < 4.78 is 0.540. The van der Waals surface area contributed by atoms with E-state index in [1.54, 1.807) is 0 Å². The second-order valence-corrected chi connectivity index (χ2v) is 5.48. The zero-order valence-electron chi connectivity index (χ0n) is 10.6. The SMILES string of the molecule is CNCCC1CCN(c2nc[nH]c(=O)c2Br)CC1. The Morgan fingerprint density at radius 3 is 2.94 bits per heavy atom. The molecule has 100 valence electrons. The van der Waals surface area contributed by atoms with Crippen LogP contribution >= 0.6 is 15.9 Å². The number of aromatic nitrogens is 2. The molecule has 1 aromatic heterocycles. The largest absolute Gasteiger partial charge is 0.355 e. The van der Waals surface area contributed by atoms with Crippen molar-refractivity contribution in [3.05, 3.63) is 21.2 Å². The normalized spacial score (nSPS) is 17.1. The summed E-state index contributed by atoms with van der Waals surface area (Å²) in [6.45, 7) is 3.03. The quantitative estimate of drug-likeness (QED) is 0.881. The molecule has 0 bridgehead atoms. The minimum Gasteiger partial charge on any atom is -0.355 e. The highest BCUT2D eigenvalue weighted by molar-refractivity contribution is 9.10. The molecule has 0 spiro atoms. The van der Waals surface area contributed by atoms with E-state index < -0.39 is 0 Å². The third-order valence-electron chi connectivity index (χ3n) is 3.49. The monoisotopic (exact) mass is 314 g/mol. The van der Waals surface area contributed by atoms with Gasteiger partial charge < -0.3 is 15.2 Å². The zero-order chi connectivity index (χ0) is 13.0. The number of anilines is 1. The van der Waals surface area contributed by atoms with Crippen molar-refractivity contribution in [1.82, 2.24) is 15.3 Å². The van der Waals surface area contributed by atoms with E-state index in [-0.39, 0.29) is 5.56 Å². The lowest BCUT2D eigenvalue weighted by molar-refractivity contribution is 0.376. The van der Waals surface area contributed by atoms with Gasteiger partial charge in [0.25, 0.3) is 5.56 Å². The van der Waals surface area contributed by atoms with E-state index in [0.717, 1.165) is 31.4 Å². The highest BCUT2D eigenvalue weighted by Gasteiger charge is 2.21. The summed E-state index contributed by atoms with van der Waals surface area (Å²) in [5.74, 6) is 1.56. The molecule has 0 aromatic carbocycles. The van der Waals surface area contributed by atoms with Crippen molar-refractivity contribution in [3.63, 3.8) is 0 Å². The Bertz CT molecular complexity index is 440. The number of piperidine rings is 1. The third kappa shape index (κ3) is 3.11. The molecule has 1 aromatic rings. The van der Waals surface area contributed by atoms with Crippen LogP contribution in [-0.2, 0) is 0 Å². The number of H-pyrrole nitrogens is 1. The molecule has 2 heterocycles. The van der Waals surface area contributed by atoms with E-state index in [9.17, 15) is 4.79 Å². The van der Waals surface area contributed by atoms with Gasteiger partial charge in [-0.05, 0) is 54.7 Å². The van der Waals surface area contributed by atoms with Crippen LogP contribution in [0.4, 0.5) is 5.82 Å². The van der Waals surface area contributed by atoms with Crippen molar-refractivity contribution in [2.24, 2.45) is 5.92 Å². The van der Waals surface area contributed by atoms with Crippen molar-refractivity contribution in [2.45, 2.75) is 19.3 Å². The summed E-state index contributed by atoms with van der Waals surface area (Å²) in [5.41, 5.74) is -0.114. The molecule has 0 atom stereocenters. The number of rotatable bonds is 4. The fourth-order valence-electron chi connectivity index (χ4n) is 2.38. The number of hydrogen-bond donors (Lipinski definition) is 2. The van der Waals surface area contributed by atoms with Gasteiger partial charge in [-0.25, -0.2) is 4.98 Å². The van der Waals surface area contributed by atoms with Crippen molar-refractivity contribution in [2.75, 3.05) is 31.6 Å². The fraction of sp³-hybridized carbons (Fsp3) is 0.667. The fourth-order valence-corrected chi connectivity index (χ4v) is 2.84. The van der Waals surface area contributed by atoms with E-state index in [1.165, 1.54) is 25.6 Å². The summed E-state index contributed by atoms with van der Waals surface area (Å²) in [6.07, 6.45) is 5.04. The summed E-state index contributed by atoms with van der Waals surface area (Å²) in [6, 6.07) is 0. The molecule has 0 unspecified atom stereocenters. The second kappa shape index (κ2) is 6.33. The molecule has 1 aliphatic rings. The highest BCUT2D eigenvalue weighted by Crippen LogP contribution is 2.26. The number of halogens is 1. The minimum absolute atomic E-state index is 0.114. The maximum Gasteiger partial charge on any atom is 0.267 e. The Morgan fingerprint density at radius 1 is 1.56 bits per heavy atom. The number of aromatic amines is 1. The van der Waals surface area contributed by atoms with Gasteiger partial charge in [-0.3, -0.25) is 4.79 Å². The van der Waals surface area contributed by atoms with E-state index in [4.69, 9.17) is 0 Å². The average molecular weight is 315 g/mol. The summed E-state index contributed by atoms with van der Waals surface area (Å²) in [5, 5.41) is 3.20. The molecular weight excluding hydrogens is 296 g/mol. The molecule has 1 aliphatic heterocycles. The molecule has 5 nitrogen and oxygen atoms in total. The lowest BCUT2D eigenvalue weighted by Gasteiger charge is -2.33. The Labute approximate surface area is 115 Å². The molecule has 18 heavy (non-hydrogen) atoms. The van der Waals surface area contributed by atoms with Crippen LogP contribution in [0.25, 0.3) is 0 Å². The molecular formula is C12H19BrN4O. The summed E-state index contributed by atoms with van der Waals surface area (Å²) in [7, 11) is 1.99. The van der Waals surface area contributed by atoms with Crippen LogP contribution in [0.1, 0.15) is 19.3 Å². The summed E-state index contributed by atoms with van der Waals surface area (Å²) >= 11 is 3.31. The Balaban J connectivity index is 1.97. The van der Waals surface area contributed by atoms with Gasteiger partial charge in [-0.15, -0.1) is 0 Å². The van der Waals surface area contributed by atoms with Crippen molar-refractivity contribution in [1.29, 1.82) is 0 Å². The second-order valence-electron chi connectivity index (χ2n) is 4.69. The average Bonchev–Trinajstić information content (AvgIpc) is 2.40. The zero-order valence-corrected chi connectivity index (χ0v) is 12.2. The van der Waals surface area contributed by atoms with E-state index >= 15 is 0 Å². The van der Waals surface area contributed by atoms with Gasteiger partial charge >= 0.3 is 0 Å².